The van der Waals surface area contributed by atoms with Crippen LogP contribution < -0.4 is 0 Å². The van der Waals surface area contributed by atoms with Gasteiger partial charge in [-0.05, 0) is 70.8 Å². The average Bonchev–Trinajstić information content (AvgIpc) is 3.71. The molecule has 0 radical (unpaired) electrons. The summed E-state index contributed by atoms with van der Waals surface area (Å²) >= 11 is 15.5. The Morgan fingerprint density at radius 3 is 1.34 bits per heavy atom. The molecule has 4 aromatic carbocycles. The summed E-state index contributed by atoms with van der Waals surface area (Å²) in [4.78, 5) is 0. The summed E-state index contributed by atoms with van der Waals surface area (Å²) in [7, 11) is 0. The lowest BCUT2D eigenvalue weighted by molar-refractivity contribution is 0.463. The molecule has 0 atom stereocenters. The van der Waals surface area contributed by atoms with E-state index >= 15 is 0 Å². The standard InChI is InChI=1S/C18H15NOS.C14H12N4OS.C12H11NOS/c20-17-7-4-12-19(18(17)21)13-14-8-10-16(11-9-14)15-5-2-1-3-6-15;19-13-7-4-8-17(14(13)20)9-11-10-18(16-15-11)12-5-2-1-3-6-12;14-11-7-4-8-13(12(11)15)9-10-5-2-1-3-6-10/h1-12,20H,13H2;1-8,10,19H,9H2;1-8,14H,9H2. The van der Waals surface area contributed by atoms with Crippen molar-refractivity contribution in [1.82, 2.24) is 28.7 Å². The smallest absolute Gasteiger partial charge is 0.150 e. The molecule has 8 aromatic rings. The summed E-state index contributed by atoms with van der Waals surface area (Å²) in [6.45, 7) is 1.82. The molecule has 4 aromatic heterocycles. The van der Waals surface area contributed by atoms with Gasteiger partial charge in [-0.15, -0.1) is 5.10 Å². The Morgan fingerprint density at radius 2 is 0.839 bits per heavy atom. The van der Waals surface area contributed by atoms with Crippen LogP contribution in [0.3, 0.4) is 0 Å². The summed E-state index contributed by atoms with van der Waals surface area (Å²) in [5.74, 6) is 0.398. The quantitative estimate of drug-likeness (QED) is 0.131. The number of hydrogen-bond acceptors (Lipinski definition) is 8. The zero-order valence-corrected chi connectivity index (χ0v) is 32.6. The highest BCUT2D eigenvalue weighted by atomic mass is 32.1. The molecule has 56 heavy (non-hydrogen) atoms. The lowest BCUT2D eigenvalue weighted by Crippen LogP contribution is -2.01. The fourth-order valence-electron chi connectivity index (χ4n) is 5.61. The van der Waals surface area contributed by atoms with Gasteiger partial charge in [0.15, 0.2) is 0 Å². The highest BCUT2D eigenvalue weighted by Gasteiger charge is 2.05. The van der Waals surface area contributed by atoms with Crippen LogP contribution in [-0.2, 0) is 19.6 Å². The second-order valence-electron chi connectivity index (χ2n) is 12.5. The van der Waals surface area contributed by atoms with Crippen molar-refractivity contribution in [2.45, 2.75) is 19.6 Å². The molecule has 3 N–H and O–H groups in total. The number of aromatic hydroxyl groups is 3. The largest absolute Gasteiger partial charge is 0.505 e. The Hall–Kier alpha value is -6.47. The van der Waals surface area contributed by atoms with Gasteiger partial charge in [0.1, 0.15) is 36.9 Å². The molecule has 0 bridgehead atoms. The fourth-order valence-corrected chi connectivity index (χ4v) is 6.19. The molecule has 4 heterocycles. The van der Waals surface area contributed by atoms with Crippen LogP contribution in [0.25, 0.3) is 16.8 Å². The molecule has 0 saturated heterocycles. The molecule has 12 heteroatoms. The minimum Gasteiger partial charge on any atom is -0.505 e. The monoisotopic (exact) mass is 794 g/mol. The Morgan fingerprint density at radius 1 is 0.429 bits per heavy atom. The van der Waals surface area contributed by atoms with Crippen molar-refractivity contribution >= 4 is 36.7 Å². The molecule has 0 unspecified atom stereocenters. The van der Waals surface area contributed by atoms with E-state index in [4.69, 9.17) is 36.7 Å². The topological polar surface area (TPSA) is 106 Å². The number of pyridine rings is 3. The van der Waals surface area contributed by atoms with E-state index in [2.05, 4.69) is 46.7 Å². The first kappa shape index (κ1) is 39.2. The first-order valence-corrected chi connectivity index (χ1v) is 18.8. The molecular weight excluding hydrogens is 757 g/mol. The Balaban J connectivity index is 0.000000145. The van der Waals surface area contributed by atoms with Gasteiger partial charge in [-0.25, -0.2) is 4.68 Å². The van der Waals surface area contributed by atoms with Crippen molar-refractivity contribution in [2.75, 3.05) is 0 Å². The third-order valence-corrected chi connectivity index (χ3v) is 9.83. The highest BCUT2D eigenvalue weighted by Crippen LogP contribution is 2.20. The molecule has 0 aliphatic carbocycles. The normalized spacial score (nSPS) is 10.4. The summed E-state index contributed by atoms with van der Waals surface area (Å²) < 4.78 is 8.50. The van der Waals surface area contributed by atoms with Crippen molar-refractivity contribution in [3.05, 3.63) is 207 Å². The summed E-state index contributed by atoms with van der Waals surface area (Å²) in [5.41, 5.74) is 6.44. The van der Waals surface area contributed by atoms with Crippen LogP contribution in [0.5, 0.6) is 17.2 Å². The van der Waals surface area contributed by atoms with Gasteiger partial charge in [0.25, 0.3) is 0 Å². The van der Waals surface area contributed by atoms with E-state index in [9.17, 15) is 15.3 Å². The van der Waals surface area contributed by atoms with Crippen LogP contribution in [0.2, 0.25) is 0 Å². The summed E-state index contributed by atoms with van der Waals surface area (Å²) in [6.07, 6.45) is 7.41. The van der Waals surface area contributed by atoms with Gasteiger partial charge in [0.2, 0.25) is 0 Å². The molecule has 8 rings (SSSR count). The predicted octanol–water partition coefficient (Wildman–Crippen LogP) is 10.2. The van der Waals surface area contributed by atoms with E-state index in [1.807, 2.05) is 113 Å². The lowest BCUT2D eigenvalue weighted by Gasteiger charge is -2.09. The number of nitrogens with zero attached hydrogens (tertiary/aromatic N) is 6. The van der Waals surface area contributed by atoms with Crippen molar-refractivity contribution in [1.29, 1.82) is 0 Å². The van der Waals surface area contributed by atoms with Crippen molar-refractivity contribution in [2.24, 2.45) is 0 Å². The maximum atomic E-state index is 9.65. The van der Waals surface area contributed by atoms with E-state index in [0.29, 0.717) is 33.6 Å². The number of para-hydroxylation sites is 1. The molecule has 280 valence electrons. The predicted molar refractivity (Wildman–Crippen MR) is 228 cm³/mol. The van der Waals surface area contributed by atoms with Gasteiger partial charge in [-0.3, -0.25) is 0 Å². The maximum absolute atomic E-state index is 9.65. The third-order valence-electron chi connectivity index (χ3n) is 8.50. The Kier molecular flexibility index (Phi) is 13.5. The third kappa shape index (κ3) is 10.6. The van der Waals surface area contributed by atoms with Crippen LogP contribution in [0, 0.1) is 13.9 Å². The minimum absolute atomic E-state index is 0.0953. The zero-order chi connectivity index (χ0) is 39.3. The number of benzene rings is 4. The molecule has 9 nitrogen and oxygen atoms in total. The maximum Gasteiger partial charge on any atom is 0.150 e. The van der Waals surface area contributed by atoms with Gasteiger partial charge in [0, 0.05) is 31.7 Å². The van der Waals surface area contributed by atoms with Crippen LogP contribution in [-0.4, -0.2) is 44.0 Å². The van der Waals surface area contributed by atoms with Crippen molar-refractivity contribution in [3.63, 3.8) is 0 Å². The minimum atomic E-state index is 0.0953. The molecule has 0 aliphatic heterocycles. The van der Waals surface area contributed by atoms with Gasteiger partial charge in [0.05, 0.1) is 18.4 Å². The molecule has 0 saturated carbocycles. The molecule has 0 fully saturated rings. The second-order valence-corrected chi connectivity index (χ2v) is 13.7. The first-order chi connectivity index (χ1) is 27.2. The number of rotatable bonds is 8. The van der Waals surface area contributed by atoms with Crippen molar-refractivity contribution < 1.29 is 15.3 Å². The van der Waals surface area contributed by atoms with E-state index in [-0.39, 0.29) is 17.2 Å². The van der Waals surface area contributed by atoms with Crippen LogP contribution in [0.1, 0.15) is 16.8 Å². The van der Waals surface area contributed by atoms with Crippen LogP contribution in [0.4, 0.5) is 0 Å². The molecular formula is C44H38N6O3S3. The highest BCUT2D eigenvalue weighted by molar-refractivity contribution is 7.71. The van der Waals surface area contributed by atoms with Crippen LogP contribution in [0.15, 0.2) is 176 Å². The van der Waals surface area contributed by atoms with Gasteiger partial charge in [-0.1, -0.05) is 145 Å². The molecule has 0 aliphatic rings. The molecule has 0 spiro atoms. The summed E-state index contributed by atoms with van der Waals surface area (Å²) in [5, 5.41) is 36.9. The SMILES string of the molecule is Oc1cccn(Cc2ccc(-c3ccccc3)cc2)c1=S.Oc1cccn(Cc2ccccc2)c1=S.Oc1cccn(Cc2cn(-c3ccccc3)nn2)c1=S. The van der Waals surface area contributed by atoms with E-state index in [1.54, 1.807) is 45.6 Å². The second kappa shape index (κ2) is 19.2. The van der Waals surface area contributed by atoms with E-state index < -0.39 is 0 Å². The lowest BCUT2D eigenvalue weighted by atomic mass is 10.0. The first-order valence-electron chi connectivity index (χ1n) is 17.6. The number of aromatic nitrogens is 6. The number of hydrogen-bond donors (Lipinski definition) is 3. The van der Waals surface area contributed by atoms with Gasteiger partial charge < -0.3 is 29.0 Å². The van der Waals surface area contributed by atoms with Crippen LogP contribution >= 0.6 is 36.7 Å². The summed E-state index contributed by atoms with van der Waals surface area (Å²) in [6, 6.07) is 48.6. The van der Waals surface area contributed by atoms with Gasteiger partial charge >= 0.3 is 0 Å². The average molecular weight is 795 g/mol. The fraction of sp³-hybridized carbons (Fsp3) is 0.0682. The molecule has 0 amide bonds. The van der Waals surface area contributed by atoms with E-state index in [1.165, 1.54) is 16.7 Å². The Bertz CT molecular complexity index is 2660. The Labute approximate surface area is 339 Å². The zero-order valence-electron chi connectivity index (χ0n) is 30.1. The van der Waals surface area contributed by atoms with Gasteiger partial charge in [-0.2, -0.15) is 0 Å². The van der Waals surface area contributed by atoms with E-state index in [0.717, 1.165) is 16.9 Å². The van der Waals surface area contributed by atoms with Crippen molar-refractivity contribution in [3.8, 4) is 34.1 Å².